The van der Waals surface area contributed by atoms with Gasteiger partial charge in [0, 0.05) is 25.0 Å². The molecule has 3 aromatic rings. The summed E-state index contributed by atoms with van der Waals surface area (Å²) in [6, 6.07) is 10.2. The summed E-state index contributed by atoms with van der Waals surface area (Å²) in [7, 11) is -0.648. The second-order valence-electron chi connectivity index (χ2n) is 6.71. The van der Waals surface area contributed by atoms with Crippen molar-refractivity contribution in [2.45, 2.75) is 11.1 Å². The van der Waals surface area contributed by atoms with Crippen LogP contribution in [0.25, 0.3) is 11.3 Å². The molecule has 0 saturated heterocycles. The SMILES string of the molecule is CN(C)S(=O)(=O)c1ccc(-c2csc(NC(=O)COc3ccc(C(F)(F)F)cc3)n2)cc1. The second kappa shape index (κ2) is 9.27. The number of anilines is 1. The molecular weight excluding hydrogens is 467 g/mol. The molecular formula is C20H18F3N3O4S2. The van der Waals surface area contributed by atoms with E-state index < -0.39 is 34.3 Å². The van der Waals surface area contributed by atoms with Crippen LogP contribution in [0, 0.1) is 0 Å². The molecule has 0 aliphatic carbocycles. The first-order chi connectivity index (χ1) is 15.0. The minimum absolute atomic E-state index is 0.126. The molecule has 12 heteroatoms. The molecule has 1 N–H and O–H groups in total. The first-order valence-corrected chi connectivity index (χ1v) is 11.4. The Morgan fingerprint density at radius 1 is 1.09 bits per heavy atom. The zero-order chi connectivity index (χ0) is 23.5. The number of hydrogen-bond donors (Lipinski definition) is 1. The fourth-order valence-electron chi connectivity index (χ4n) is 2.52. The van der Waals surface area contributed by atoms with Crippen LogP contribution in [0.4, 0.5) is 18.3 Å². The molecule has 1 aromatic heterocycles. The predicted octanol–water partition coefficient (Wildman–Crippen LogP) is 4.10. The van der Waals surface area contributed by atoms with Crippen LogP contribution in [-0.2, 0) is 21.0 Å². The number of ether oxygens (including phenoxy) is 1. The van der Waals surface area contributed by atoms with Gasteiger partial charge in [-0.3, -0.25) is 10.1 Å². The van der Waals surface area contributed by atoms with Crippen molar-refractivity contribution >= 4 is 32.4 Å². The van der Waals surface area contributed by atoms with Crippen molar-refractivity contribution in [3.05, 3.63) is 59.5 Å². The largest absolute Gasteiger partial charge is 0.484 e. The average Bonchev–Trinajstić information content (AvgIpc) is 3.20. The fourth-order valence-corrected chi connectivity index (χ4v) is 4.15. The van der Waals surface area contributed by atoms with Gasteiger partial charge in [0.25, 0.3) is 5.91 Å². The zero-order valence-electron chi connectivity index (χ0n) is 16.9. The van der Waals surface area contributed by atoms with E-state index >= 15 is 0 Å². The molecule has 170 valence electrons. The molecule has 1 heterocycles. The van der Waals surface area contributed by atoms with Crippen molar-refractivity contribution in [2.75, 3.05) is 26.0 Å². The number of benzene rings is 2. The highest BCUT2D eigenvalue weighted by atomic mass is 32.2. The third-order valence-corrected chi connectivity index (χ3v) is 6.82. The lowest BCUT2D eigenvalue weighted by Crippen LogP contribution is -2.22. The van der Waals surface area contributed by atoms with Crippen LogP contribution in [0.3, 0.4) is 0 Å². The molecule has 0 bridgehead atoms. The van der Waals surface area contributed by atoms with Gasteiger partial charge in [0.2, 0.25) is 10.0 Å². The summed E-state index contributed by atoms with van der Waals surface area (Å²) < 4.78 is 68.3. The third-order valence-electron chi connectivity index (χ3n) is 4.23. The van der Waals surface area contributed by atoms with Gasteiger partial charge in [-0.15, -0.1) is 11.3 Å². The minimum atomic E-state index is -4.45. The number of nitrogens with one attached hydrogen (secondary N) is 1. The summed E-state index contributed by atoms with van der Waals surface area (Å²) in [5.74, 6) is -0.404. The van der Waals surface area contributed by atoms with E-state index in [-0.39, 0.29) is 10.6 Å². The first kappa shape index (κ1) is 23.7. The lowest BCUT2D eigenvalue weighted by atomic mass is 10.2. The van der Waals surface area contributed by atoms with E-state index in [9.17, 15) is 26.4 Å². The Morgan fingerprint density at radius 3 is 2.28 bits per heavy atom. The number of hydrogen-bond acceptors (Lipinski definition) is 6. The number of carbonyl (C=O) groups is 1. The van der Waals surface area contributed by atoms with Gasteiger partial charge in [-0.1, -0.05) is 12.1 Å². The maximum Gasteiger partial charge on any atom is 0.416 e. The van der Waals surface area contributed by atoms with E-state index in [1.54, 1.807) is 17.5 Å². The second-order valence-corrected chi connectivity index (χ2v) is 9.72. The first-order valence-electron chi connectivity index (χ1n) is 9.05. The van der Waals surface area contributed by atoms with Gasteiger partial charge in [0.1, 0.15) is 5.75 Å². The Kier molecular flexibility index (Phi) is 6.86. The highest BCUT2D eigenvalue weighted by Crippen LogP contribution is 2.30. The molecule has 0 fully saturated rings. The van der Waals surface area contributed by atoms with Crippen molar-refractivity contribution < 1.29 is 31.1 Å². The Labute approximate surface area is 186 Å². The third kappa shape index (κ3) is 5.64. The van der Waals surface area contributed by atoms with Crippen LogP contribution in [0.5, 0.6) is 5.75 Å². The molecule has 0 aliphatic rings. The van der Waals surface area contributed by atoms with E-state index in [2.05, 4.69) is 10.3 Å². The molecule has 0 unspecified atom stereocenters. The van der Waals surface area contributed by atoms with Crippen molar-refractivity contribution in [1.29, 1.82) is 0 Å². The van der Waals surface area contributed by atoms with Crippen LogP contribution in [-0.4, -0.2) is 44.3 Å². The molecule has 0 radical (unpaired) electrons. The Balaban J connectivity index is 1.58. The molecule has 0 atom stereocenters. The number of thiazole rings is 1. The summed E-state index contributed by atoms with van der Waals surface area (Å²) in [5.41, 5.74) is 0.403. The number of rotatable bonds is 7. The van der Waals surface area contributed by atoms with Gasteiger partial charge >= 0.3 is 6.18 Å². The van der Waals surface area contributed by atoms with Crippen LogP contribution in [0.2, 0.25) is 0 Å². The van der Waals surface area contributed by atoms with Crippen LogP contribution in [0.1, 0.15) is 5.56 Å². The zero-order valence-corrected chi connectivity index (χ0v) is 18.5. The van der Waals surface area contributed by atoms with Gasteiger partial charge in [-0.25, -0.2) is 17.7 Å². The van der Waals surface area contributed by atoms with Crippen LogP contribution in [0.15, 0.2) is 58.8 Å². The molecule has 3 rings (SSSR count). The summed E-state index contributed by atoms with van der Waals surface area (Å²) in [6.07, 6.45) is -4.45. The van der Waals surface area contributed by atoms with Crippen molar-refractivity contribution in [3.8, 4) is 17.0 Å². The number of alkyl halides is 3. The van der Waals surface area contributed by atoms with Gasteiger partial charge in [0.15, 0.2) is 11.7 Å². The highest BCUT2D eigenvalue weighted by molar-refractivity contribution is 7.89. The van der Waals surface area contributed by atoms with Gasteiger partial charge < -0.3 is 4.74 Å². The highest BCUT2D eigenvalue weighted by Gasteiger charge is 2.30. The van der Waals surface area contributed by atoms with Crippen molar-refractivity contribution in [3.63, 3.8) is 0 Å². The standard InChI is InChI=1S/C20H18F3N3O4S2/c1-26(2)32(28,29)16-9-3-13(4-10-16)17-12-31-19(24-17)25-18(27)11-30-15-7-5-14(6-8-15)20(21,22)23/h3-10,12H,11H2,1-2H3,(H,24,25,27). The molecule has 32 heavy (non-hydrogen) atoms. The fraction of sp³-hybridized carbons (Fsp3) is 0.200. The maximum atomic E-state index is 12.6. The number of halogens is 3. The lowest BCUT2D eigenvalue weighted by Gasteiger charge is -2.11. The minimum Gasteiger partial charge on any atom is -0.484 e. The lowest BCUT2D eigenvalue weighted by molar-refractivity contribution is -0.137. The molecule has 2 aromatic carbocycles. The number of nitrogens with zero attached hydrogens (tertiary/aromatic N) is 2. The van der Waals surface area contributed by atoms with E-state index in [0.717, 1.165) is 39.9 Å². The van der Waals surface area contributed by atoms with Crippen molar-refractivity contribution in [2.24, 2.45) is 0 Å². The normalized spacial score (nSPS) is 12.1. The van der Waals surface area contributed by atoms with E-state index in [1.165, 1.54) is 26.2 Å². The Bertz CT molecular complexity index is 1190. The maximum absolute atomic E-state index is 12.6. The van der Waals surface area contributed by atoms with Crippen LogP contribution >= 0.6 is 11.3 Å². The van der Waals surface area contributed by atoms with E-state index in [1.807, 2.05) is 0 Å². The van der Waals surface area contributed by atoms with Gasteiger partial charge in [-0.05, 0) is 36.4 Å². The van der Waals surface area contributed by atoms with E-state index in [0.29, 0.717) is 16.4 Å². The monoisotopic (exact) mass is 485 g/mol. The van der Waals surface area contributed by atoms with Crippen molar-refractivity contribution in [1.82, 2.24) is 9.29 Å². The topological polar surface area (TPSA) is 88.6 Å². The number of amides is 1. The summed E-state index contributed by atoms with van der Waals surface area (Å²) in [4.78, 5) is 16.5. The van der Waals surface area contributed by atoms with E-state index in [4.69, 9.17) is 4.74 Å². The van der Waals surface area contributed by atoms with Gasteiger partial charge in [-0.2, -0.15) is 13.2 Å². The summed E-state index contributed by atoms with van der Waals surface area (Å²) >= 11 is 1.16. The molecule has 1 amide bonds. The number of carbonyl (C=O) groups excluding carboxylic acids is 1. The molecule has 7 nitrogen and oxygen atoms in total. The molecule has 0 spiro atoms. The smallest absolute Gasteiger partial charge is 0.416 e. The predicted molar refractivity (Wildman–Crippen MR) is 114 cm³/mol. The van der Waals surface area contributed by atoms with Crippen LogP contribution < -0.4 is 10.1 Å². The quantitative estimate of drug-likeness (QED) is 0.545. The number of sulfonamides is 1. The Hall–Kier alpha value is -2.96. The number of aromatic nitrogens is 1. The van der Waals surface area contributed by atoms with Gasteiger partial charge in [0.05, 0.1) is 16.2 Å². The summed E-state index contributed by atoms with van der Waals surface area (Å²) in [5, 5.41) is 4.54. The summed E-state index contributed by atoms with van der Waals surface area (Å²) in [6.45, 7) is -0.405. The average molecular weight is 486 g/mol. The molecule has 0 saturated carbocycles. The molecule has 0 aliphatic heterocycles. The Morgan fingerprint density at radius 2 is 1.72 bits per heavy atom.